The van der Waals surface area contributed by atoms with Crippen molar-refractivity contribution in [2.45, 2.75) is 6.54 Å². The number of rotatable bonds is 4. The van der Waals surface area contributed by atoms with Crippen LogP contribution in [0.15, 0.2) is 17.8 Å². The third-order valence-corrected chi connectivity index (χ3v) is 2.12. The third-order valence-electron chi connectivity index (χ3n) is 1.34. The fourth-order valence-corrected chi connectivity index (χ4v) is 1.49. The lowest BCUT2D eigenvalue weighted by molar-refractivity contribution is 0.315. The molecule has 78 valence electrons. The molecule has 14 heavy (non-hydrogen) atoms. The predicted molar refractivity (Wildman–Crippen MR) is 46.2 cm³/mol. The van der Waals surface area contributed by atoms with Gasteiger partial charge in [-0.1, -0.05) is 5.16 Å². The summed E-state index contributed by atoms with van der Waals surface area (Å²) in [5.41, 5.74) is -0.0520. The molecule has 0 aliphatic carbocycles. The summed E-state index contributed by atoms with van der Waals surface area (Å²) < 4.78 is 11.9. The van der Waals surface area contributed by atoms with Gasteiger partial charge in [0.05, 0.1) is 18.4 Å². The van der Waals surface area contributed by atoms with Crippen LogP contribution in [0.5, 0.6) is 0 Å². The average Bonchev–Trinajstić information content (AvgIpc) is 2.53. The van der Waals surface area contributed by atoms with Gasteiger partial charge in [-0.2, -0.15) is 5.10 Å². The van der Waals surface area contributed by atoms with Gasteiger partial charge in [0, 0.05) is 0 Å². The first-order valence-corrected chi connectivity index (χ1v) is 5.38. The molecule has 0 spiro atoms. The van der Waals surface area contributed by atoms with E-state index in [0.717, 1.165) is 0 Å². The standard InChI is InChI=1S/C5H9N4O4P/c10-8-5(2-14(11,12)13)1-9-4-6-3-7-9/h3-4,10H,1-2H2,(H2,11,12,13). The lowest BCUT2D eigenvalue weighted by Gasteiger charge is -2.05. The van der Waals surface area contributed by atoms with Crippen molar-refractivity contribution >= 4 is 13.3 Å². The molecule has 0 bridgehead atoms. The van der Waals surface area contributed by atoms with Crippen LogP contribution in [0.4, 0.5) is 0 Å². The van der Waals surface area contributed by atoms with Crippen molar-refractivity contribution < 1.29 is 19.6 Å². The largest absolute Gasteiger partial charge is 0.411 e. The quantitative estimate of drug-likeness (QED) is 0.266. The van der Waals surface area contributed by atoms with Crippen molar-refractivity contribution in [2.24, 2.45) is 5.16 Å². The Morgan fingerprint density at radius 3 is 2.71 bits per heavy atom. The first kappa shape index (κ1) is 10.8. The van der Waals surface area contributed by atoms with E-state index in [2.05, 4.69) is 15.2 Å². The molecule has 0 unspecified atom stereocenters. The summed E-state index contributed by atoms with van der Waals surface area (Å²) in [6.07, 6.45) is 2.03. The van der Waals surface area contributed by atoms with Crippen molar-refractivity contribution in [3.05, 3.63) is 12.7 Å². The zero-order valence-electron chi connectivity index (χ0n) is 7.05. The van der Waals surface area contributed by atoms with Crippen LogP contribution in [0.1, 0.15) is 0 Å². The van der Waals surface area contributed by atoms with Gasteiger partial charge in [-0.05, 0) is 0 Å². The van der Waals surface area contributed by atoms with Crippen LogP contribution in [-0.4, -0.2) is 41.6 Å². The Bertz CT molecular complexity index is 356. The number of nitrogens with zero attached hydrogens (tertiary/aromatic N) is 4. The zero-order valence-corrected chi connectivity index (χ0v) is 7.95. The molecule has 0 aliphatic rings. The molecule has 1 heterocycles. The van der Waals surface area contributed by atoms with E-state index in [1.165, 1.54) is 17.3 Å². The highest BCUT2D eigenvalue weighted by atomic mass is 31.2. The molecule has 0 radical (unpaired) electrons. The molecule has 0 aromatic carbocycles. The summed E-state index contributed by atoms with van der Waals surface area (Å²) in [7, 11) is -4.21. The summed E-state index contributed by atoms with van der Waals surface area (Å²) in [4.78, 5) is 20.9. The van der Waals surface area contributed by atoms with Gasteiger partial charge in [0.1, 0.15) is 12.7 Å². The van der Waals surface area contributed by atoms with Crippen LogP contribution in [0.2, 0.25) is 0 Å². The van der Waals surface area contributed by atoms with Gasteiger partial charge >= 0.3 is 7.60 Å². The van der Waals surface area contributed by atoms with Crippen molar-refractivity contribution in [2.75, 3.05) is 6.16 Å². The molecule has 0 aliphatic heterocycles. The Hall–Kier alpha value is -1.24. The summed E-state index contributed by atoms with van der Waals surface area (Å²) in [5.74, 6) is 0. The van der Waals surface area contributed by atoms with Crippen LogP contribution in [0.3, 0.4) is 0 Å². The Labute approximate surface area is 79.0 Å². The first-order chi connectivity index (χ1) is 6.51. The van der Waals surface area contributed by atoms with Gasteiger partial charge in [-0.3, -0.25) is 4.57 Å². The van der Waals surface area contributed by atoms with E-state index in [1.54, 1.807) is 0 Å². The molecule has 8 nitrogen and oxygen atoms in total. The smallest absolute Gasteiger partial charge is 0.331 e. The van der Waals surface area contributed by atoms with Gasteiger partial charge in [0.25, 0.3) is 0 Å². The van der Waals surface area contributed by atoms with Crippen LogP contribution < -0.4 is 0 Å². The second kappa shape index (κ2) is 4.32. The highest BCUT2D eigenvalue weighted by molar-refractivity contribution is 7.52. The minimum atomic E-state index is -4.21. The number of hydrogen-bond donors (Lipinski definition) is 3. The minimum absolute atomic E-state index is 0.00160. The molecule has 3 N–H and O–H groups in total. The highest BCUT2D eigenvalue weighted by Crippen LogP contribution is 2.34. The summed E-state index contributed by atoms with van der Waals surface area (Å²) in [6, 6.07) is 0. The predicted octanol–water partition coefficient (Wildman–Crippen LogP) is -0.714. The normalized spacial score (nSPS) is 13.1. The third kappa shape index (κ3) is 3.65. The lowest BCUT2D eigenvalue weighted by Crippen LogP contribution is -2.15. The van der Waals surface area contributed by atoms with Gasteiger partial charge in [0.2, 0.25) is 0 Å². The van der Waals surface area contributed by atoms with Crippen molar-refractivity contribution in [3.63, 3.8) is 0 Å². The monoisotopic (exact) mass is 220 g/mol. The Kier molecular flexibility index (Phi) is 3.34. The second-order valence-electron chi connectivity index (χ2n) is 2.58. The Morgan fingerprint density at radius 2 is 2.29 bits per heavy atom. The van der Waals surface area contributed by atoms with E-state index in [4.69, 9.17) is 15.0 Å². The Morgan fingerprint density at radius 1 is 1.57 bits per heavy atom. The summed E-state index contributed by atoms with van der Waals surface area (Å²) >= 11 is 0. The fourth-order valence-electron chi connectivity index (χ4n) is 0.852. The second-order valence-corrected chi connectivity index (χ2v) is 4.23. The number of aromatic nitrogens is 3. The topological polar surface area (TPSA) is 121 Å². The minimum Gasteiger partial charge on any atom is -0.411 e. The molecule has 0 fully saturated rings. The van der Waals surface area contributed by atoms with Crippen LogP contribution in [-0.2, 0) is 11.1 Å². The molecule has 9 heteroatoms. The van der Waals surface area contributed by atoms with Crippen molar-refractivity contribution in [1.29, 1.82) is 0 Å². The van der Waals surface area contributed by atoms with E-state index in [9.17, 15) is 4.57 Å². The zero-order chi connectivity index (χ0) is 10.6. The van der Waals surface area contributed by atoms with Gasteiger partial charge in [-0.25, -0.2) is 9.67 Å². The van der Waals surface area contributed by atoms with Crippen LogP contribution in [0, 0.1) is 0 Å². The summed E-state index contributed by atoms with van der Waals surface area (Å²) in [5, 5.41) is 15.0. The maximum absolute atomic E-state index is 10.6. The maximum Gasteiger partial charge on any atom is 0.331 e. The molecule has 0 atom stereocenters. The SMILES string of the molecule is O=P(O)(O)CC(Cn1cncn1)=NO. The van der Waals surface area contributed by atoms with Crippen LogP contribution in [0.25, 0.3) is 0 Å². The molecule has 0 saturated carbocycles. The van der Waals surface area contributed by atoms with Crippen LogP contribution >= 0.6 is 7.60 Å². The van der Waals surface area contributed by atoms with E-state index >= 15 is 0 Å². The van der Waals surface area contributed by atoms with E-state index < -0.39 is 13.8 Å². The molecule has 1 aromatic heterocycles. The lowest BCUT2D eigenvalue weighted by atomic mass is 10.4. The molecule has 0 amide bonds. The maximum atomic E-state index is 10.6. The van der Waals surface area contributed by atoms with E-state index in [1.807, 2.05) is 0 Å². The number of oxime groups is 1. The van der Waals surface area contributed by atoms with Gasteiger partial charge in [0.15, 0.2) is 0 Å². The first-order valence-electron chi connectivity index (χ1n) is 3.58. The van der Waals surface area contributed by atoms with E-state index in [0.29, 0.717) is 0 Å². The molecule has 1 rings (SSSR count). The highest BCUT2D eigenvalue weighted by Gasteiger charge is 2.18. The number of hydrogen-bond acceptors (Lipinski definition) is 5. The van der Waals surface area contributed by atoms with Crippen molar-refractivity contribution in [3.8, 4) is 0 Å². The fraction of sp³-hybridized carbons (Fsp3) is 0.400. The average molecular weight is 220 g/mol. The summed E-state index contributed by atoms with van der Waals surface area (Å²) in [6.45, 7) is 0.00160. The van der Waals surface area contributed by atoms with E-state index in [-0.39, 0.29) is 12.3 Å². The van der Waals surface area contributed by atoms with Gasteiger partial charge in [-0.15, -0.1) is 0 Å². The van der Waals surface area contributed by atoms with Gasteiger partial charge < -0.3 is 15.0 Å². The molecule has 0 saturated heterocycles. The molecular formula is C5H9N4O4P. The Balaban J connectivity index is 2.62. The molecular weight excluding hydrogens is 211 g/mol. The van der Waals surface area contributed by atoms with Crippen molar-refractivity contribution in [1.82, 2.24) is 14.8 Å². The molecule has 1 aromatic rings.